The number of hydrogen-bond donors (Lipinski definition) is 0. The van der Waals surface area contributed by atoms with Crippen LogP contribution in [0.1, 0.15) is 36.0 Å². The number of nitro groups is 1. The number of amides is 1. The van der Waals surface area contributed by atoms with Crippen molar-refractivity contribution in [2.75, 3.05) is 7.05 Å². The lowest BCUT2D eigenvalue weighted by molar-refractivity contribution is -0.385. The molecule has 102 valence electrons. The quantitative estimate of drug-likeness (QED) is 0.485. The third kappa shape index (κ3) is 2.84. The summed E-state index contributed by atoms with van der Waals surface area (Å²) in [4.78, 5) is 27.9. The van der Waals surface area contributed by atoms with Gasteiger partial charge in [-0.3, -0.25) is 14.9 Å². The largest absolute Gasteiger partial charge is 0.339 e. The zero-order valence-corrected chi connectivity index (χ0v) is 11.3. The normalized spacial score (nSPS) is 15.5. The Bertz CT molecular complexity index is 515. The number of rotatable bonds is 3. The summed E-state index contributed by atoms with van der Waals surface area (Å²) < 4.78 is 0. The van der Waals surface area contributed by atoms with Gasteiger partial charge in [0, 0.05) is 13.1 Å². The summed E-state index contributed by atoms with van der Waals surface area (Å²) in [7, 11) is 1.68. The van der Waals surface area contributed by atoms with Crippen LogP contribution in [-0.2, 0) is 0 Å². The van der Waals surface area contributed by atoms with Crippen LogP contribution in [-0.4, -0.2) is 33.8 Å². The molecule has 0 aromatic carbocycles. The van der Waals surface area contributed by atoms with Crippen molar-refractivity contribution in [3.63, 3.8) is 0 Å². The summed E-state index contributed by atoms with van der Waals surface area (Å²) in [5, 5.41) is 11.0. The summed E-state index contributed by atoms with van der Waals surface area (Å²) in [6.45, 7) is 0. The molecule has 1 heterocycles. The molecule has 1 aliphatic rings. The summed E-state index contributed by atoms with van der Waals surface area (Å²) in [6.07, 6.45) is 5.07. The second kappa shape index (κ2) is 5.52. The Morgan fingerprint density at radius 3 is 2.74 bits per heavy atom. The van der Waals surface area contributed by atoms with Crippen LogP contribution in [0.5, 0.6) is 0 Å². The van der Waals surface area contributed by atoms with E-state index in [1.807, 2.05) is 0 Å². The molecule has 0 atom stereocenters. The standard InChI is InChI=1S/C12H14ClN3O3/c1-15(8-4-2-3-5-8)12(17)9-6-11(13)14-7-10(9)16(18)19/h6-8H,2-5H2,1H3. The fraction of sp³-hybridized carbons (Fsp3) is 0.500. The van der Waals surface area contributed by atoms with Crippen LogP contribution in [0, 0.1) is 10.1 Å². The number of nitrogens with zero attached hydrogens (tertiary/aromatic N) is 3. The Morgan fingerprint density at radius 2 is 2.16 bits per heavy atom. The number of pyridine rings is 1. The van der Waals surface area contributed by atoms with E-state index in [0.29, 0.717) is 0 Å². The Morgan fingerprint density at radius 1 is 1.53 bits per heavy atom. The van der Waals surface area contributed by atoms with Gasteiger partial charge in [-0.2, -0.15) is 0 Å². The van der Waals surface area contributed by atoms with E-state index in [0.717, 1.165) is 31.9 Å². The SMILES string of the molecule is CN(C(=O)c1cc(Cl)ncc1[N+](=O)[O-])C1CCCC1. The molecule has 6 nitrogen and oxygen atoms in total. The highest BCUT2D eigenvalue weighted by Gasteiger charge is 2.29. The summed E-state index contributed by atoms with van der Waals surface area (Å²) in [6, 6.07) is 1.41. The molecule has 1 saturated carbocycles. The third-order valence-corrected chi connectivity index (χ3v) is 3.68. The number of hydrogen-bond acceptors (Lipinski definition) is 4. The molecule has 0 N–H and O–H groups in total. The van der Waals surface area contributed by atoms with Crippen LogP contribution in [0.15, 0.2) is 12.3 Å². The van der Waals surface area contributed by atoms with E-state index < -0.39 is 4.92 Å². The minimum Gasteiger partial charge on any atom is -0.339 e. The van der Waals surface area contributed by atoms with Crippen molar-refractivity contribution in [3.8, 4) is 0 Å². The lowest BCUT2D eigenvalue weighted by Crippen LogP contribution is -2.35. The smallest absolute Gasteiger partial charge is 0.300 e. The van der Waals surface area contributed by atoms with Gasteiger partial charge in [-0.25, -0.2) is 4.98 Å². The van der Waals surface area contributed by atoms with Crippen molar-refractivity contribution in [1.29, 1.82) is 0 Å². The van der Waals surface area contributed by atoms with Gasteiger partial charge in [0.15, 0.2) is 0 Å². The van der Waals surface area contributed by atoms with Gasteiger partial charge in [-0.15, -0.1) is 0 Å². The van der Waals surface area contributed by atoms with E-state index in [1.165, 1.54) is 6.07 Å². The summed E-state index contributed by atoms with van der Waals surface area (Å²) >= 11 is 5.73. The predicted molar refractivity (Wildman–Crippen MR) is 70.3 cm³/mol. The molecule has 1 aliphatic carbocycles. The molecule has 1 aromatic heterocycles. The topological polar surface area (TPSA) is 76.3 Å². The molecule has 1 amide bonds. The molecule has 2 rings (SSSR count). The van der Waals surface area contributed by atoms with Crippen molar-refractivity contribution < 1.29 is 9.72 Å². The first-order chi connectivity index (χ1) is 9.00. The maximum atomic E-state index is 12.3. The second-order valence-corrected chi connectivity index (χ2v) is 5.02. The van der Waals surface area contributed by atoms with Crippen LogP contribution in [0.3, 0.4) is 0 Å². The molecule has 0 saturated heterocycles. The first kappa shape index (κ1) is 13.7. The predicted octanol–water partition coefficient (Wildman–Crippen LogP) is 2.66. The Balaban J connectivity index is 2.31. The number of halogens is 1. The molecule has 19 heavy (non-hydrogen) atoms. The highest BCUT2D eigenvalue weighted by atomic mass is 35.5. The number of aromatic nitrogens is 1. The molecular formula is C12H14ClN3O3. The van der Waals surface area contributed by atoms with Gasteiger partial charge in [0.05, 0.1) is 4.92 Å². The lowest BCUT2D eigenvalue weighted by Gasteiger charge is -2.24. The van der Waals surface area contributed by atoms with Gasteiger partial charge < -0.3 is 4.90 Å². The Labute approximate surface area is 115 Å². The van der Waals surface area contributed by atoms with E-state index in [9.17, 15) is 14.9 Å². The molecule has 0 unspecified atom stereocenters. The molecule has 1 fully saturated rings. The minimum absolute atomic E-state index is 0.000556. The van der Waals surface area contributed by atoms with Gasteiger partial charge in [-0.05, 0) is 18.9 Å². The highest BCUT2D eigenvalue weighted by Crippen LogP contribution is 2.27. The van der Waals surface area contributed by atoms with Gasteiger partial charge in [0.25, 0.3) is 11.6 Å². The highest BCUT2D eigenvalue weighted by molar-refractivity contribution is 6.29. The van der Waals surface area contributed by atoms with E-state index in [-0.39, 0.29) is 28.4 Å². The van der Waals surface area contributed by atoms with Crippen molar-refractivity contribution in [3.05, 3.63) is 33.1 Å². The average Bonchev–Trinajstić information content (AvgIpc) is 2.90. The molecule has 1 aromatic rings. The zero-order valence-electron chi connectivity index (χ0n) is 10.5. The van der Waals surface area contributed by atoms with Crippen LogP contribution >= 0.6 is 11.6 Å². The van der Waals surface area contributed by atoms with Crippen LogP contribution in [0.2, 0.25) is 5.15 Å². The van der Waals surface area contributed by atoms with E-state index in [1.54, 1.807) is 11.9 Å². The van der Waals surface area contributed by atoms with E-state index >= 15 is 0 Å². The molecular weight excluding hydrogens is 270 g/mol. The van der Waals surface area contributed by atoms with Crippen molar-refractivity contribution in [2.24, 2.45) is 0 Å². The fourth-order valence-electron chi connectivity index (χ4n) is 2.39. The maximum Gasteiger partial charge on any atom is 0.300 e. The zero-order chi connectivity index (χ0) is 14.0. The van der Waals surface area contributed by atoms with E-state index in [2.05, 4.69) is 4.98 Å². The first-order valence-corrected chi connectivity index (χ1v) is 6.45. The Hall–Kier alpha value is -1.69. The maximum absolute atomic E-state index is 12.3. The molecule has 0 bridgehead atoms. The van der Waals surface area contributed by atoms with Crippen molar-refractivity contribution in [1.82, 2.24) is 9.88 Å². The van der Waals surface area contributed by atoms with Gasteiger partial charge in [0.2, 0.25) is 0 Å². The second-order valence-electron chi connectivity index (χ2n) is 4.64. The van der Waals surface area contributed by atoms with Gasteiger partial charge in [-0.1, -0.05) is 24.4 Å². The third-order valence-electron chi connectivity index (χ3n) is 3.47. The van der Waals surface area contributed by atoms with Gasteiger partial charge in [0.1, 0.15) is 16.9 Å². The fourth-order valence-corrected chi connectivity index (χ4v) is 2.54. The van der Waals surface area contributed by atoms with Crippen LogP contribution < -0.4 is 0 Å². The lowest BCUT2D eigenvalue weighted by atomic mass is 10.1. The first-order valence-electron chi connectivity index (χ1n) is 6.08. The van der Waals surface area contributed by atoms with Crippen LogP contribution in [0.4, 0.5) is 5.69 Å². The summed E-state index contributed by atoms with van der Waals surface area (Å²) in [5.41, 5.74) is -0.307. The minimum atomic E-state index is -0.612. The number of carbonyl (C=O) groups excluding carboxylic acids is 1. The molecule has 0 radical (unpaired) electrons. The molecule has 0 spiro atoms. The Kier molecular flexibility index (Phi) is 3.99. The summed E-state index contributed by atoms with van der Waals surface area (Å²) in [5.74, 6) is -0.372. The van der Waals surface area contributed by atoms with Crippen LogP contribution in [0.25, 0.3) is 0 Å². The average molecular weight is 284 g/mol. The molecule has 7 heteroatoms. The molecule has 0 aliphatic heterocycles. The number of carbonyl (C=O) groups is 1. The monoisotopic (exact) mass is 283 g/mol. The van der Waals surface area contributed by atoms with Crippen molar-refractivity contribution >= 4 is 23.2 Å². The van der Waals surface area contributed by atoms with E-state index in [4.69, 9.17) is 11.6 Å². The van der Waals surface area contributed by atoms with Crippen molar-refractivity contribution in [2.45, 2.75) is 31.7 Å². The van der Waals surface area contributed by atoms with Gasteiger partial charge >= 0.3 is 0 Å².